The fourth-order valence-electron chi connectivity index (χ4n) is 3.46. The van der Waals surface area contributed by atoms with Crippen LogP contribution in [0, 0.1) is 0 Å². The molecule has 1 saturated heterocycles. The molecule has 0 aliphatic carbocycles. The van der Waals surface area contributed by atoms with Crippen LogP contribution in [0.1, 0.15) is 31.0 Å². The number of carbonyl (C=O) groups is 1. The van der Waals surface area contributed by atoms with Crippen molar-refractivity contribution in [3.8, 4) is 11.4 Å². The first-order chi connectivity index (χ1) is 12.2. The molecule has 4 rings (SSSR count). The summed E-state index contributed by atoms with van der Waals surface area (Å²) in [5.41, 5.74) is 3.02. The minimum atomic E-state index is 0.0976. The van der Waals surface area contributed by atoms with Crippen molar-refractivity contribution in [3.63, 3.8) is 0 Å². The van der Waals surface area contributed by atoms with Crippen molar-refractivity contribution in [1.82, 2.24) is 25.2 Å². The van der Waals surface area contributed by atoms with Crippen LogP contribution in [0.4, 0.5) is 5.82 Å². The molecule has 0 saturated carbocycles. The third-order valence-electron chi connectivity index (χ3n) is 4.66. The Labute approximate surface area is 146 Å². The van der Waals surface area contributed by atoms with Gasteiger partial charge in [-0.05, 0) is 18.6 Å². The van der Waals surface area contributed by atoms with Gasteiger partial charge in [0.2, 0.25) is 5.91 Å². The average molecular weight is 338 g/mol. The van der Waals surface area contributed by atoms with Gasteiger partial charge in [0.15, 0.2) is 5.82 Å². The molecule has 1 fully saturated rings. The zero-order chi connectivity index (χ0) is 17.2. The Balaban J connectivity index is 1.61. The first-order valence-corrected chi connectivity index (χ1v) is 8.80. The predicted octanol–water partition coefficient (Wildman–Crippen LogP) is 1.56. The van der Waals surface area contributed by atoms with E-state index in [0.717, 1.165) is 55.2 Å². The van der Waals surface area contributed by atoms with Crippen LogP contribution in [0.15, 0.2) is 24.5 Å². The van der Waals surface area contributed by atoms with Crippen LogP contribution in [-0.2, 0) is 17.9 Å². The molecule has 2 N–H and O–H groups in total. The van der Waals surface area contributed by atoms with E-state index >= 15 is 0 Å². The first-order valence-electron chi connectivity index (χ1n) is 8.80. The lowest BCUT2D eigenvalue weighted by atomic mass is 10.2. The highest BCUT2D eigenvalue weighted by Crippen LogP contribution is 2.27. The van der Waals surface area contributed by atoms with E-state index in [2.05, 4.69) is 27.5 Å². The van der Waals surface area contributed by atoms with Gasteiger partial charge in [-0.1, -0.05) is 6.92 Å². The van der Waals surface area contributed by atoms with Gasteiger partial charge in [-0.15, -0.1) is 0 Å². The number of nitrogens with one attached hydrogen (secondary N) is 2. The molecule has 0 aromatic carbocycles. The Bertz CT molecular complexity index is 779. The van der Waals surface area contributed by atoms with Crippen LogP contribution >= 0.6 is 0 Å². The molecule has 0 unspecified atom stereocenters. The van der Waals surface area contributed by atoms with Gasteiger partial charge in [-0.2, -0.15) is 0 Å². The standard InChI is InChI=1S/C18H22N6O/c1-2-6-24-11-13(7-16(24)25)21-18-14-9-20-10-15(14)22-17(23-18)12-4-3-5-19-8-12/h3-5,8,13,20H,2,6-7,9-11H2,1H3,(H,21,22,23)/t13-/m0/s1. The number of anilines is 1. The molecule has 4 heterocycles. The van der Waals surface area contributed by atoms with Crippen LogP contribution in [0.3, 0.4) is 0 Å². The summed E-state index contributed by atoms with van der Waals surface area (Å²) in [6.45, 7) is 5.15. The summed E-state index contributed by atoms with van der Waals surface area (Å²) in [4.78, 5) is 27.6. The fraction of sp³-hybridized carbons (Fsp3) is 0.444. The zero-order valence-electron chi connectivity index (χ0n) is 14.3. The second kappa shape index (κ2) is 6.76. The van der Waals surface area contributed by atoms with Gasteiger partial charge in [0.1, 0.15) is 5.82 Å². The minimum Gasteiger partial charge on any atom is -0.365 e. The normalized spacial score (nSPS) is 19.3. The second-order valence-corrected chi connectivity index (χ2v) is 6.55. The minimum absolute atomic E-state index is 0.0976. The molecule has 2 aromatic rings. The molecule has 7 heteroatoms. The monoisotopic (exact) mass is 338 g/mol. The Morgan fingerprint density at radius 3 is 3.08 bits per heavy atom. The van der Waals surface area contributed by atoms with E-state index in [1.807, 2.05) is 17.0 Å². The van der Waals surface area contributed by atoms with Crippen LogP contribution in [0.2, 0.25) is 0 Å². The van der Waals surface area contributed by atoms with Crippen LogP contribution in [0.5, 0.6) is 0 Å². The van der Waals surface area contributed by atoms with Crippen LogP contribution < -0.4 is 10.6 Å². The molecule has 0 radical (unpaired) electrons. The average Bonchev–Trinajstić information content (AvgIpc) is 3.23. The highest BCUT2D eigenvalue weighted by atomic mass is 16.2. The SMILES string of the molecule is CCCN1C[C@@H](Nc2nc(-c3cccnc3)nc3c2CNC3)CC1=O. The second-order valence-electron chi connectivity index (χ2n) is 6.55. The Morgan fingerprint density at radius 1 is 1.36 bits per heavy atom. The molecule has 130 valence electrons. The summed E-state index contributed by atoms with van der Waals surface area (Å²) in [6.07, 6.45) is 5.02. The number of carbonyl (C=O) groups excluding carboxylic acids is 1. The highest BCUT2D eigenvalue weighted by molar-refractivity contribution is 5.80. The topological polar surface area (TPSA) is 83.0 Å². The third-order valence-corrected chi connectivity index (χ3v) is 4.66. The number of likely N-dealkylation sites (tertiary alicyclic amines) is 1. The number of fused-ring (bicyclic) bond motifs is 1. The van der Waals surface area contributed by atoms with Crippen molar-refractivity contribution in [2.45, 2.75) is 38.9 Å². The number of pyridine rings is 1. The molecule has 1 amide bonds. The summed E-state index contributed by atoms with van der Waals surface area (Å²) < 4.78 is 0. The first kappa shape index (κ1) is 16.0. The van der Waals surface area contributed by atoms with E-state index in [-0.39, 0.29) is 11.9 Å². The third kappa shape index (κ3) is 3.19. The smallest absolute Gasteiger partial charge is 0.224 e. The van der Waals surface area contributed by atoms with Crippen LogP contribution in [0.25, 0.3) is 11.4 Å². The molecule has 2 aliphatic rings. The largest absolute Gasteiger partial charge is 0.365 e. The van der Waals surface area contributed by atoms with Crippen molar-refractivity contribution in [2.75, 3.05) is 18.4 Å². The summed E-state index contributed by atoms with van der Waals surface area (Å²) in [5, 5.41) is 6.83. The summed E-state index contributed by atoms with van der Waals surface area (Å²) >= 11 is 0. The number of amides is 1. The van der Waals surface area contributed by atoms with Crippen molar-refractivity contribution >= 4 is 11.7 Å². The van der Waals surface area contributed by atoms with Gasteiger partial charge < -0.3 is 15.5 Å². The van der Waals surface area contributed by atoms with E-state index in [0.29, 0.717) is 12.2 Å². The van der Waals surface area contributed by atoms with E-state index in [1.54, 1.807) is 12.4 Å². The molecule has 7 nitrogen and oxygen atoms in total. The molecule has 2 aromatic heterocycles. The van der Waals surface area contributed by atoms with Gasteiger partial charge in [-0.3, -0.25) is 9.78 Å². The number of nitrogens with zero attached hydrogens (tertiary/aromatic N) is 4. The van der Waals surface area contributed by atoms with Gasteiger partial charge >= 0.3 is 0 Å². The predicted molar refractivity (Wildman–Crippen MR) is 94.7 cm³/mol. The number of hydrogen-bond acceptors (Lipinski definition) is 6. The Hall–Kier alpha value is -2.54. The molecule has 0 bridgehead atoms. The highest BCUT2D eigenvalue weighted by Gasteiger charge is 2.30. The maximum atomic E-state index is 12.1. The number of hydrogen-bond donors (Lipinski definition) is 2. The van der Waals surface area contributed by atoms with Crippen LogP contribution in [-0.4, -0.2) is 44.9 Å². The summed E-state index contributed by atoms with van der Waals surface area (Å²) in [5.74, 6) is 1.73. The fourth-order valence-corrected chi connectivity index (χ4v) is 3.46. The molecule has 1 atom stereocenters. The maximum absolute atomic E-state index is 12.1. The maximum Gasteiger partial charge on any atom is 0.224 e. The van der Waals surface area contributed by atoms with Gasteiger partial charge in [-0.25, -0.2) is 9.97 Å². The van der Waals surface area contributed by atoms with E-state index in [4.69, 9.17) is 4.98 Å². The Morgan fingerprint density at radius 2 is 2.28 bits per heavy atom. The van der Waals surface area contributed by atoms with E-state index < -0.39 is 0 Å². The number of rotatable bonds is 5. The lowest BCUT2D eigenvalue weighted by molar-refractivity contribution is -0.127. The molecular weight excluding hydrogens is 316 g/mol. The molecule has 25 heavy (non-hydrogen) atoms. The van der Waals surface area contributed by atoms with Crippen molar-refractivity contribution in [2.24, 2.45) is 0 Å². The lowest BCUT2D eigenvalue weighted by Gasteiger charge is -2.18. The van der Waals surface area contributed by atoms with E-state index in [9.17, 15) is 4.79 Å². The van der Waals surface area contributed by atoms with Gasteiger partial charge in [0.25, 0.3) is 0 Å². The summed E-state index contributed by atoms with van der Waals surface area (Å²) in [7, 11) is 0. The van der Waals surface area contributed by atoms with Crippen molar-refractivity contribution in [1.29, 1.82) is 0 Å². The van der Waals surface area contributed by atoms with Gasteiger partial charge in [0, 0.05) is 56.1 Å². The van der Waals surface area contributed by atoms with Crippen molar-refractivity contribution in [3.05, 3.63) is 35.8 Å². The Kier molecular flexibility index (Phi) is 4.31. The number of aromatic nitrogens is 3. The quantitative estimate of drug-likeness (QED) is 0.861. The van der Waals surface area contributed by atoms with E-state index in [1.165, 1.54) is 0 Å². The van der Waals surface area contributed by atoms with Crippen molar-refractivity contribution < 1.29 is 4.79 Å². The lowest BCUT2D eigenvalue weighted by Crippen LogP contribution is -2.29. The molecule has 0 spiro atoms. The zero-order valence-corrected chi connectivity index (χ0v) is 14.3. The molecular formula is C18H22N6O. The van der Waals surface area contributed by atoms with Gasteiger partial charge in [0.05, 0.1) is 11.7 Å². The summed E-state index contributed by atoms with van der Waals surface area (Å²) in [6, 6.07) is 3.94. The molecule has 2 aliphatic heterocycles.